The smallest absolute Gasteiger partial charge is 0.255 e. The van der Waals surface area contributed by atoms with Gasteiger partial charge in [-0.3, -0.25) is 4.79 Å². The Morgan fingerprint density at radius 3 is 2.56 bits per heavy atom. The van der Waals surface area contributed by atoms with Crippen LogP contribution in [0.25, 0.3) is 11.3 Å². The van der Waals surface area contributed by atoms with Gasteiger partial charge in [-0.15, -0.1) is 22.0 Å². The van der Waals surface area contributed by atoms with Gasteiger partial charge in [0.15, 0.2) is 17.3 Å². The molecule has 2 aliphatic rings. The van der Waals surface area contributed by atoms with E-state index in [1.807, 2.05) is 59.5 Å². The van der Waals surface area contributed by atoms with Crippen molar-refractivity contribution < 1.29 is 14.3 Å². The zero-order valence-corrected chi connectivity index (χ0v) is 18.7. The lowest BCUT2D eigenvalue weighted by Crippen LogP contribution is -2.49. The van der Waals surface area contributed by atoms with Crippen LogP contribution in [0.15, 0.2) is 59.5 Å². The maximum absolute atomic E-state index is 13.1. The Morgan fingerprint density at radius 2 is 1.78 bits per heavy atom. The quantitative estimate of drug-likeness (QED) is 0.548. The molecule has 7 nitrogen and oxygen atoms in total. The first kappa shape index (κ1) is 20.6. The number of carbonyl (C=O) groups excluding carboxylic acids is 1. The summed E-state index contributed by atoms with van der Waals surface area (Å²) in [7, 11) is 0. The molecule has 32 heavy (non-hydrogen) atoms. The molecule has 3 aromatic rings. The Morgan fingerprint density at radius 1 is 0.969 bits per heavy atom. The molecule has 0 unspecified atom stereocenters. The third-order valence-corrected chi connectivity index (χ3v) is 6.58. The first-order valence-corrected chi connectivity index (χ1v) is 11.7. The van der Waals surface area contributed by atoms with E-state index < -0.39 is 0 Å². The van der Waals surface area contributed by atoms with E-state index in [0.29, 0.717) is 13.1 Å². The minimum absolute atomic E-state index is 0.102. The van der Waals surface area contributed by atoms with Crippen LogP contribution in [0.5, 0.6) is 11.5 Å². The standard InChI is InChI=1S/C24H24N4O3S/c1-2-32-22-6-4-3-5-18(22)24(29)28-13-11-27(12-14-28)23-10-8-19(25-26-23)17-7-9-20-21(15-17)31-16-30-20/h3-10,15H,2,11-14,16H2,1H3. The minimum Gasteiger partial charge on any atom is -0.454 e. The number of rotatable bonds is 5. The number of anilines is 1. The van der Waals surface area contributed by atoms with Crippen LogP contribution in [0, 0.1) is 0 Å². The van der Waals surface area contributed by atoms with E-state index >= 15 is 0 Å². The highest BCUT2D eigenvalue weighted by molar-refractivity contribution is 7.99. The van der Waals surface area contributed by atoms with Crippen LogP contribution in [-0.4, -0.2) is 59.7 Å². The Balaban J connectivity index is 1.23. The lowest BCUT2D eigenvalue weighted by Gasteiger charge is -2.35. The Kier molecular flexibility index (Phi) is 5.85. The first-order valence-electron chi connectivity index (χ1n) is 10.7. The molecule has 0 saturated carbocycles. The van der Waals surface area contributed by atoms with E-state index in [0.717, 1.165) is 57.9 Å². The fourth-order valence-corrected chi connectivity index (χ4v) is 4.73. The van der Waals surface area contributed by atoms with Gasteiger partial charge in [0.2, 0.25) is 6.79 Å². The molecule has 5 rings (SSSR count). The number of thioether (sulfide) groups is 1. The molecule has 2 aromatic carbocycles. The molecule has 1 amide bonds. The first-order chi connectivity index (χ1) is 15.7. The summed E-state index contributed by atoms with van der Waals surface area (Å²) in [6.07, 6.45) is 0. The summed E-state index contributed by atoms with van der Waals surface area (Å²) in [6, 6.07) is 17.6. The van der Waals surface area contributed by atoms with E-state index in [1.165, 1.54) is 0 Å². The van der Waals surface area contributed by atoms with Crippen LogP contribution < -0.4 is 14.4 Å². The molecule has 3 heterocycles. The maximum atomic E-state index is 13.1. The van der Waals surface area contributed by atoms with Crippen molar-refractivity contribution in [3.63, 3.8) is 0 Å². The molecule has 2 aliphatic heterocycles. The molecule has 0 radical (unpaired) electrons. The van der Waals surface area contributed by atoms with Crippen LogP contribution in [0.1, 0.15) is 17.3 Å². The second-order valence-corrected chi connectivity index (χ2v) is 8.86. The van der Waals surface area contributed by atoms with E-state index in [9.17, 15) is 4.79 Å². The molecule has 8 heteroatoms. The van der Waals surface area contributed by atoms with Gasteiger partial charge < -0.3 is 19.3 Å². The Hall–Kier alpha value is -3.26. The number of hydrogen-bond acceptors (Lipinski definition) is 7. The van der Waals surface area contributed by atoms with Crippen molar-refractivity contribution in [3.05, 3.63) is 60.2 Å². The normalized spacial score (nSPS) is 15.2. The number of nitrogens with zero attached hydrogens (tertiary/aromatic N) is 4. The van der Waals surface area contributed by atoms with Crippen molar-refractivity contribution in [2.45, 2.75) is 11.8 Å². The largest absolute Gasteiger partial charge is 0.454 e. The number of amides is 1. The molecule has 1 saturated heterocycles. The van der Waals surface area contributed by atoms with Crippen molar-refractivity contribution in [1.29, 1.82) is 0 Å². The van der Waals surface area contributed by atoms with Crippen LogP contribution in [0.2, 0.25) is 0 Å². The second kappa shape index (κ2) is 9.08. The second-order valence-electron chi connectivity index (χ2n) is 7.55. The molecule has 1 aromatic heterocycles. The number of benzene rings is 2. The molecule has 0 bridgehead atoms. The predicted octanol–water partition coefficient (Wildman–Crippen LogP) is 3.95. The van der Waals surface area contributed by atoms with Crippen LogP contribution in [-0.2, 0) is 0 Å². The summed E-state index contributed by atoms with van der Waals surface area (Å²) in [6.45, 7) is 5.13. The summed E-state index contributed by atoms with van der Waals surface area (Å²) < 4.78 is 10.8. The zero-order chi connectivity index (χ0) is 21.9. The fraction of sp³-hybridized carbons (Fsp3) is 0.292. The van der Waals surface area contributed by atoms with E-state index in [2.05, 4.69) is 22.0 Å². The molecule has 1 fully saturated rings. The highest BCUT2D eigenvalue weighted by Crippen LogP contribution is 2.35. The van der Waals surface area contributed by atoms with Crippen molar-refractivity contribution >= 4 is 23.5 Å². The Bertz CT molecular complexity index is 1110. The summed E-state index contributed by atoms with van der Waals surface area (Å²) in [5, 5.41) is 8.85. The molecular weight excluding hydrogens is 424 g/mol. The van der Waals surface area contributed by atoms with Crippen molar-refractivity contribution in [1.82, 2.24) is 15.1 Å². The van der Waals surface area contributed by atoms with Crippen molar-refractivity contribution in [2.75, 3.05) is 43.6 Å². The summed E-state index contributed by atoms with van der Waals surface area (Å²) >= 11 is 1.71. The molecule has 0 aliphatic carbocycles. The monoisotopic (exact) mass is 448 g/mol. The maximum Gasteiger partial charge on any atom is 0.255 e. The predicted molar refractivity (Wildman–Crippen MR) is 125 cm³/mol. The van der Waals surface area contributed by atoms with Crippen LogP contribution in [0.4, 0.5) is 5.82 Å². The van der Waals surface area contributed by atoms with Gasteiger partial charge in [-0.05, 0) is 48.2 Å². The molecule has 164 valence electrons. The highest BCUT2D eigenvalue weighted by atomic mass is 32.2. The van der Waals surface area contributed by atoms with Crippen LogP contribution >= 0.6 is 11.8 Å². The fourth-order valence-electron chi connectivity index (χ4n) is 3.94. The summed E-state index contributed by atoms with van der Waals surface area (Å²) in [5.41, 5.74) is 2.51. The lowest BCUT2D eigenvalue weighted by atomic mass is 10.1. The number of ether oxygens (including phenoxy) is 2. The number of aromatic nitrogens is 2. The summed E-state index contributed by atoms with van der Waals surface area (Å²) in [5.74, 6) is 3.35. The lowest BCUT2D eigenvalue weighted by molar-refractivity contribution is 0.0743. The Labute approximate surface area is 191 Å². The van der Waals surface area contributed by atoms with Crippen LogP contribution in [0.3, 0.4) is 0 Å². The average molecular weight is 449 g/mol. The molecule has 0 atom stereocenters. The summed E-state index contributed by atoms with van der Waals surface area (Å²) in [4.78, 5) is 18.2. The van der Waals surface area contributed by atoms with Gasteiger partial charge in [0.05, 0.1) is 11.3 Å². The van der Waals surface area contributed by atoms with Gasteiger partial charge in [0.1, 0.15) is 0 Å². The minimum atomic E-state index is 0.102. The van der Waals surface area contributed by atoms with E-state index in [1.54, 1.807) is 11.8 Å². The zero-order valence-electron chi connectivity index (χ0n) is 17.9. The molecule has 0 N–H and O–H groups in total. The average Bonchev–Trinajstić information content (AvgIpc) is 3.32. The van der Waals surface area contributed by atoms with Gasteiger partial charge in [-0.25, -0.2) is 0 Å². The van der Waals surface area contributed by atoms with Gasteiger partial charge >= 0.3 is 0 Å². The number of piperazine rings is 1. The third kappa shape index (κ3) is 4.10. The van der Waals surface area contributed by atoms with E-state index in [4.69, 9.17) is 9.47 Å². The number of hydrogen-bond donors (Lipinski definition) is 0. The van der Waals surface area contributed by atoms with Gasteiger partial charge in [0, 0.05) is 36.6 Å². The highest BCUT2D eigenvalue weighted by Gasteiger charge is 2.24. The van der Waals surface area contributed by atoms with Crippen molar-refractivity contribution in [2.24, 2.45) is 0 Å². The van der Waals surface area contributed by atoms with E-state index in [-0.39, 0.29) is 12.7 Å². The SMILES string of the molecule is CCSc1ccccc1C(=O)N1CCN(c2ccc(-c3ccc4c(c3)OCO4)nn2)CC1. The van der Waals surface area contributed by atoms with Gasteiger partial charge in [-0.2, -0.15) is 0 Å². The molecular formula is C24H24N4O3S. The topological polar surface area (TPSA) is 67.8 Å². The third-order valence-electron chi connectivity index (χ3n) is 5.63. The van der Waals surface area contributed by atoms with Gasteiger partial charge in [0.25, 0.3) is 5.91 Å². The van der Waals surface area contributed by atoms with Gasteiger partial charge in [-0.1, -0.05) is 19.1 Å². The number of carbonyl (C=O) groups is 1. The molecule has 0 spiro atoms. The number of fused-ring (bicyclic) bond motifs is 1. The van der Waals surface area contributed by atoms with Crippen molar-refractivity contribution in [3.8, 4) is 22.8 Å².